The summed E-state index contributed by atoms with van der Waals surface area (Å²) in [5.41, 5.74) is 0.853. The SMILES string of the molecule is CC1=C(CC[C@@H](C)CO[C@@H]2O[C@H](CO)[C@@H](O)[C@H](O)[C@H]2O)O[C@H]2C[C@H]3[C@@H]4CC[C@H]5C[C@@H]([C@@H]6O[C@H](CO)[C@H](O[C@@H]7O[C@H](CO)[C@@H](O)[C@H](O[C@@H]8O[C@H](CO)[C@@H](O)[C@H](O)[C@H]8O)[C@H]7O[C@@H]7O[C@H](CO)[C@@H](O)[C@H](O[C@@H]8O[C@H](CO)[C@@H](O)[C@H](O)[C@H]8O)[C@H]7O)[C@H](O)[C@H]6O)[C@H](O)C[C@]5(C)[C@H]4CC[C@]3(C)[C@@H]12. The second kappa shape index (κ2) is 30.5. The topological polar surface area (TPSA) is 536 Å². The summed E-state index contributed by atoms with van der Waals surface area (Å²) in [7, 11) is 0. The first kappa shape index (κ1) is 75.4. The molecule has 0 amide bonds. The molecule has 0 bridgehead atoms. The zero-order chi connectivity index (χ0) is 69.5. The fourth-order valence-corrected chi connectivity index (χ4v) is 18.6. The van der Waals surface area contributed by atoms with Gasteiger partial charge in [0.05, 0.1) is 64.2 Å². The van der Waals surface area contributed by atoms with Gasteiger partial charge < -0.3 is 164 Å². The molecule has 11 aliphatic rings. The summed E-state index contributed by atoms with van der Waals surface area (Å²) in [6.07, 6.45) is -49.1. The van der Waals surface area contributed by atoms with Crippen molar-refractivity contribution in [3.05, 3.63) is 11.3 Å². The Bertz CT molecular complexity index is 2560. The van der Waals surface area contributed by atoms with Gasteiger partial charge in [0.2, 0.25) is 0 Å². The molecule has 33 nitrogen and oxygen atoms in total. The van der Waals surface area contributed by atoms with Gasteiger partial charge in [-0.05, 0) is 104 Å². The minimum atomic E-state index is -2.25. The van der Waals surface area contributed by atoms with Crippen LogP contribution in [0.15, 0.2) is 11.3 Å². The largest absolute Gasteiger partial charge is 0.494 e. The van der Waals surface area contributed by atoms with Crippen molar-refractivity contribution in [3.8, 4) is 0 Å². The normalized spacial score (nSPS) is 54.0. The van der Waals surface area contributed by atoms with Gasteiger partial charge in [-0.15, -0.1) is 0 Å². The third kappa shape index (κ3) is 13.8. The Hall–Kier alpha value is -1.74. The van der Waals surface area contributed by atoms with Gasteiger partial charge in [-0.2, -0.15) is 0 Å². The highest BCUT2D eigenvalue weighted by Gasteiger charge is 2.67. The first-order valence-electron chi connectivity index (χ1n) is 34.0. The summed E-state index contributed by atoms with van der Waals surface area (Å²) >= 11 is 0. The summed E-state index contributed by atoms with van der Waals surface area (Å²) in [4.78, 5) is 0. The Labute approximate surface area is 554 Å². The van der Waals surface area contributed by atoms with Crippen LogP contribution in [0.4, 0.5) is 0 Å². The molecule has 4 aliphatic carbocycles. The van der Waals surface area contributed by atoms with Gasteiger partial charge in [-0.25, -0.2) is 0 Å². The Morgan fingerprint density at radius 1 is 0.438 bits per heavy atom. The summed E-state index contributed by atoms with van der Waals surface area (Å²) in [6, 6.07) is 0. The van der Waals surface area contributed by atoms with Gasteiger partial charge in [0.15, 0.2) is 31.5 Å². The average molecular weight is 1390 g/mol. The van der Waals surface area contributed by atoms with E-state index in [0.717, 1.165) is 37.9 Å². The van der Waals surface area contributed by atoms with Gasteiger partial charge in [0.1, 0.15) is 153 Å². The lowest BCUT2D eigenvalue weighted by molar-refractivity contribution is -0.409. The van der Waals surface area contributed by atoms with Crippen molar-refractivity contribution in [3.63, 3.8) is 0 Å². The van der Waals surface area contributed by atoms with E-state index in [4.69, 9.17) is 56.8 Å². The van der Waals surface area contributed by atoms with Crippen molar-refractivity contribution < 1.29 is 164 Å². The molecule has 11 rings (SSSR count). The number of aliphatic hydroxyl groups excluding tert-OH is 21. The van der Waals surface area contributed by atoms with Crippen LogP contribution in [-0.4, -0.2) is 350 Å². The highest BCUT2D eigenvalue weighted by atomic mass is 16.8. The predicted octanol–water partition coefficient (Wildman–Crippen LogP) is -8.11. The quantitative estimate of drug-likeness (QED) is 0.0507. The van der Waals surface area contributed by atoms with Gasteiger partial charge >= 0.3 is 0 Å². The Morgan fingerprint density at radius 2 is 0.917 bits per heavy atom. The molecule has 0 aromatic heterocycles. The molecule has 33 heteroatoms. The van der Waals surface area contributed by atoms with Crippen LogP contribution in [0, 0.1) is 52.3 Å². The molecule has 41 atom stereocenters. The van der Waals surface area contributed by atoms with Crippen molar-refractivity contribution in [2.75, 3.05) is 46.2 Å². The number of aliphatic hydroxyl groups is 21. The van der Waals surface area contributed by atoms with E-state index < -0.39 is 236 Å². The van der Waals surface area contributed by atoms with E-state index in [0.29, 0.717) is 37.5 Å². The van der Waals surface area contributed by atoms with Crippen LogP contribution in [0.25, 0.3) is 0 Å². The fourth-order valence-electron chi connectivity index (χ4n) is 18.6. The van der Waals surface area contributed by atoms with Crippen LogP contribution < -0.4 is 0 Å². The minimum absolute atomic E-state index is 0.000810. The highest BCUT2D eigenvalue weighted by molar-refractivity contribution is 5.27. The number of fused-ring (bicyclic) bond motifs is 7. The van der Waals surface area contributed by atoms with E-state index in [9.17, 15) is 107 Å². The van der Waals surface area contributed by atoms with Gasteiger partial charge in [0.25, 0.3) is 0 Å². The van der Waals surface area contributed by atoms with Crippen molar-refractivity contribution >= 4 is 0 Å². The number of ether oxygens (including phenoxy) is 12. The molecule has 4 saturated carbocycles. The van der Waals surface area contributed by atoms with Crippen molar-refractivity contribution in [2.45, 2.75) is 282 Å². The van der Waals surface area contributed by atoms with E-state index in [1.807, 2.05) is 6.92 Å². The molecule has 10 fully saturated rings. The van der Waals surface area contributed by atoms with Crippen LogP contribution in [0.2, 0.25) is 0 Å². The predicted molar refractivity (Wildman–Crippen MR) is 315 cm³/mol. The van der Waals surface area contributed by atoms with E-state index >= 15 is 0 Å². The van der Waals surface area contributed by atoms with E-state index in [-0.39, 0.29) is 47.2 Å². The number of hydrogen-bond acceptors (Lipinski definition) is 33. The second-order valence-corrected chi connectivity index (χ2v) is 29.5. The summed E-state index contributed by atoms with van der Waals surface area (Å²) < 4.78 is 72.1. The van der Waals surface area contributed by atoms with Crippen molar-refractivity contribution in [1.82, 2.24) is 0 Å². The first-order chi connectivity index (χ1) is 45.6. The molecule has 0 aromatic rings. The van der Waals surface area contributed by atoms with Gasteiger partial charge in [0, 0.05) is 18.3 Å². The standard InChI is InChI=1S/C63H104O33/c1-21(20-85-57-48(81)43(76)38(71)31(14-64)88-57)5-8-29-22(2)37-30(86-29)12-27-24-7-6-23-11-25(28(70)13-63(23,4)26(24)9-10-62(27,37)3)52-46(79)47(80)53(36(19-69)87-52)93-61-56(55(42(75)35(18-68)92-61)95-59-50(83)45(78)40(73)33(16-66)90-59)96-60-51(84)54(41(74)34(17-67)91-60)94-58-49(82)44(77)39(72)32(15-65)89-58/h21,23-28,30-61,64-84H,5-20H2,1-4H3/t21-,23+,24-,25-,26+,27+,28-,30+,31-,32-,33-,34-,35-,36-,37+,38-,39-,40-,41-,42-,43+,44+,45+,46-,47-,48-,49-,50-,51-,52+,53+,54+,55+,56-,57-,58+,59+,60+,61+,62+,63+/m1/s1. The van der Waals surface area contributed by atoms with Crippen LogP contribution in [0.5, 0.6) is 0 Å². The number of allylic oxidation sites excluding steroid dienone is 1. The average Bonchev–Trinajstić information content (AvgIpc) is 1.49. The monoisotopic (exact) mass is 1390 g/mol. The lowest BCUT2D eigenvalue weighted by atomic mass is 9.43. The molecule has 0 unspecified atom stereocenters. The Morgan fingerprint density at radius 3 is 1.48 bits per heavy atom. The molecule has 7 aliphatic heterocycles. The molecule has 96 heavy (non-hydrogen) atoms. The van der Waals surface area contributed by atoms with E-state index in [2.05, 4.69) is 20.8 Å². The third-order valence-corrected chi connectivity index (χ3v) is 24.0. The molecule has 21 N–H and O–H groups in total. The maximum atomic E-state index is 12.4. The molecule has 6 saturated heterocycles. The van der Waals surface area contributed by atoms with Crippen molar-refractivity contribution in [1.29, 1.82) is 0 Å². The van der Waals surface area contributed by atoms with Gasteiger partial charge in [-0.3, -0.25) is 0 Å². The Balaban J connectivity index is 0.774. The summed E-state index contributed by atoms with van der Waals surface area (Å²) in [6.45, 7) is 3.69. The first-order valence-corrected chi connectivity index (χ1v) is 34.0. The number of rotatable bonds is 21. The van der Waals surface area contributed by atoms with E-state index in [1.165, 1.54) is 5.57 Å². The van der Waals surface area contributed by atoms with E-state index in [1.54, 1.807) is 0 Å². The molecular weight excluding hydrogens is 1280 g/mol. The smallest absolute Gasteiger partial charge is 0.187 e. The second-order valence-electron chi connectivity index (χ2n) is 29.5. The fraction of sp³-hybridized carbons (Fsp3) is 0.968. The summed E-state index contributed by atoms with van der Waals surface area (Å²) in [5.74, 6) is 1.37. The molecule has 0 radical (unpaired) electrons. The molecule has 0 aromatic carbocycles. The van der Waals surface area contributed by atoms with Crippen LogP contribution in [-0.2, 0) is 56.8 Å². The van der Waals surface area contributed by atoms with Crippen molar-refractivity contribution in [2.24, 2.45) is 52.3 Å². The third-order valence-electron chi connectivity index (χ3n) is 24.0. The van der Waals surface area contributed by atoms with Crippen LogP contribution in [0.3, 0.4) is 0 Å². The molecule has 554 valence electrons. The van der Waals surface area contributed by atoms with Crippen LogP contribution in [0.1, 0.15) is 85.5 Å². The summed E-state index contributed by atoms with van der Waals surface area (Å²) in [5, 5.41) is 229. The maximum Gasteiger partial charge on any atom is 0.187 e. The number of hydrogen-bond donors (Lipinski definition) is 21. The Kier molecular flexibility index (Phi) is 24.0. The molecule has 7 heterocycles. The molecule has 0 spiro atoms. The maximum absolute atomic E-state index is 12.4. The molecular formula is C63H104O33. The lowest BCUT2D eigenvalue weighted by Crippen LogP contribution is -2.69. The zero-order valence-corrected chi connectivity index (χ0v) is 54.1. The lowest BCUT2D eigenvalue weighted by Gasteiger charge is -2.62. The zero-order valence-electron chi connectivity index (χ0n) is 54.1. The minimum Gasteiger partial charge on any atom is -0.494 e. The van der Waals surface area contributed by atoms with Gasteiger partial charge in [-0.1, -0.05) is 20.8 Å². The highest BCUT2D eigenvalue weighted by Crippen LogP contribution is 2.70. The van der Waals surface area contributed by atoms with Crippen LogP contribution >= 0.6 is 0 Å².